The molecular formula is C15H23NO2. The fourth-order valence-electron chi connectivity index (χ4n) is 1.29. The average Bonchev–Trinajstić information content (AvgIpc) is 2.30. The Morgan fingerprint density at radius 2 is 1.83 bits per heavy atom. The topological polar surface area (TPSA) is 38.3 Å². The number of ether oxygens (including phenoxy) is 1. The van der Waals surface area contributed by atoms with Crippen molar-refractivity contribution in [1.82, 2.24) is 0 Å². The van der Waals surface area contributed by atoms with Crippen LogP contribution in [0.4, 0.5) is 5.69 Å². The van der Waals surface area contributed by atoms with Crippen LogP contribution in [0.2, 0.25) is 0 Å². The Hall–Kier alpha value is -1.51. The first-order chi connectivity index (χ1) is 8.43. The summed E-state index contributed by atoms with van der Waals surface area (Å²) in [5.74, 6) is 0.861. The van der Waals surface area contributed by atoms with Crippen molar-refractivity contribution < 1.29 is 9.53 Å². The van der Waals surface area contributed by atoms with Gasteiger partial charge in [0.05, 0.1) is 6.61 Å². The summed E-state index contributed by atoms with van der Waals surface area (Å²) in [6.45, 7) is 8.55. The van der Waals surface area contributed by atoms with Crippen molar-refractivity contribution in [2.45, 2.75) is 40.5 Å². The lowest BCUT2D eigenvalue weighted by atomic mass is 9.95. The van der Waals surface area contributed by atoms with E-state index in [4.69, 9.17) is 4.74 Å². The lowest BCUT2D eigenvalue weighted by Gasteiger charge is -2.17. The van der Waals surface area contributed by atoms with E-state index in [9.17, 15) is 4.79 Å². The molecule has 0 aliphatic carbocycles. The maximum Gasteiger partial charge on any atom is 0.229 e. The van der Waals surface area contributed by atoms with E-state index in [-0.39, 0.29) is 11.3 Å². The van der Waals surface area contributed by atoms with E-state index in [0.717, 1.165) is 30.9 Å². The van der Waals surface area contributed by atoms with Gasteiger partial charge in [-0.1, -0.05) is 34.1 Å². The van der Waals surface area contributed by atoms with Gasteiger partial charge in [-0.05, 0) is 30.7 Å². The fraction of sp³-hybridized carbons (Fsp3) is 0.533. The number of nitrogens with one attached hydrogen (secondary N) is 1. The van der Waals surface area contributed by atoms with Gasteiger partial charge in [0.25, 0.3) is 0 Å². The number of anilines is 1. The van der Waals surface area contributed by atoms with Crippen molar-refractivity contribution >= 4 is 11.6 Å². The van der Waals surface area contributed by atoms with Crippen LogP contribution in [0.15, 0.2) is 24.3 Å². The zero-order valence-corrected chi connectivity index (χ0v) is 11.7. The Bertz CT molecular complexity index is 376. The number of carbonyl (C=O) groups is 1. The summed E-state index contributed by atoms with van der Waals surface area (Å²) in [5, 5.41) is 2.88. The van der Waals surface area contributed by atoms with Crippen LogP contribution in [0.25, 0.3) is 0 Å². The highest BCUT2D eigenvalue weighted by Gasteiger charge is 2.20. The number of hydrogen-bond acceptors (Lipinski definition) is 2. The number of unbranched alkanes of at least 4 members (excludes halogenated alkanes) is 1. The monoisotopic (exact) mass is 249 g/mol. The highest BCUT2D eigenvalue weighted by molar-refractivity contribution is 5.94. The van der Waals surface area contributed by atoms with E-state index in [0.29, 0.717) is 0 Å². The molecule has 0 fully saturated rings. The molecule has 0 spiro atoms. The molecule has 0 aliphatic heterocycles. The molecule has 0 atom stereocenters. The Balaban J connectivity index is 2.53. The van der Waals surface area contributed by atoms with E-state index in [1.807, 2.05) is 45.0 Å². The van der Waals surface area contributed by atoms with Gasteiger partial charge in [-0.3, -0.25) is 4.79 Å². The molecule has 1 amide bonds. The Labute approximate surface area is 110 Å². The van der Waals surface area contributed by atoms with E-state index < -0.39 is 0 Å². The summed E-state index contributed by atoms with van der Waals surface area (Å²) in [6, 6.07) is 7.50. The molecule has 18 heavy (non-hydrogen) atoms. The molecule has 0 bridgehead atoms. The van der Waals surface area contributed by atoms with Gasteiger partial charge >= 0.3 is 0 Å². The Kier molecular flexibility index (Phi) is 5.20. The maximum absolute atomic E-state index is 11.8. The minimum atomic E-state index is -0.379. The lowest BCUT2D eigenvalue weighted by Crippen LogP contribution is -2.27. The first-order valence-electron chi connectivity index (χ1n) is 6.48. The quantitative estimate of drug-likeness (QED) is 0.805. The van der Waals surface area contributed by atoms with E-state index >= 15 is 0 Å². The molecule has 0 aliphatic rings. The number of amides is 1. The summed E-state index contributed by atoms with van der Waals surface area (Å²) in [4.78, 5) is 11.8. The first-order valence-corrected chi connectivity index (χ1v) is 6.48. The molecular weight excluding hydrogens is 226 g/mol. The van der Waals surface area contributed by atoms with E-state index in [1.165, 1.54) is 0 Å². The zero-order valence-electron chi connectivity index (χ0n) is 11.7. The van der Waals surface area contributed by atoms with Gasteiger partial charge in [-0.25, -0.2) is 0 Å². The Morgan fingerprint density at radius 1 is 1.22 bits per heavy atom. The highest BCUT2D eigenvalue weighted by Crippen LogP contribution is 2.20. The highest BCUT2D eigenvalue weighted by atomic mass is 16.5. The lowest BCUT2D eigenvalue weighted by molar-refractivity contribution is -0.123. The van der Waals surface area contributed by atoms with E-state index in [2.05, 4.69) is 12.2 Å². The predicted octanol–water partition coefficient (Wildman–Crippen LogP) is 3.85. The van der Waals surface area contributed by atoms with Gasteiger partial charge in [0.15, 0.2) is 0 Å². The van der Waals surface area contributed by atoms with Crippen molar-refractivity contribution in [2.75, 3.05) is 11.9 Å². The zero-order chi connectivity index (χ0) is 13.6. The van der Waals surface area contributed by atoms with Crippen molar-refractivity contribution in [3.05, 3.63) is 24.3 Å². The van der Waals surface area contributed by atoms with Crippen LogP contribution in [0, 0.1) is 5.41 Å². The third kappa shape index (κ3) is 4.78. The molecule has 0 radical (unpaired) electrons. The van der Waals surface area contributed by atoms with Crippen LogP contribution in [0.5, 0.6) is 5.75 Å². The fourth-order valence-corrected chi connectivity index (χ4v) is 1.29. The third-order valence-corrected chi connectivity index (χ3v) is 2.56. The van der Waals surface area contributed by atoms with Crippen molar-refractivity contribution in [3.8, 4) is 5.75 Å². The SMILES string of the molecule is CCCCOc1ccc(NC(=O)C(C)(C)C)cc1. The largest absolute Gasteiger partial charge is 0.494 e. The van der Waals surface area contributed by atoms with Crippen molar-refractivity contribution in [2.24, 2.45) is 5.41 Å². The summed E-state index contributed by atoms with van der Waals surface area (Å²) in [7, 11) is 0. The van der Waals surface area contributed by atoms with E-state index in [1.54, 1.807) is 0 Å². The second-order valence-electron chi connectivity index (χ2n) is 5.43. The van der Waals surface area contributed by atoms with Crippen LogP contribution in [0.1, 0.15) is 40.5 Å². The maximum atomic E-state index is 11.8. The van der Waals surface area contributed by atoms with Crippen molar-refractivity contribution in [3.63, 3.8) is 0 Å². The molecule has 3 heteroatoms. The number of hydrogen-bond donors (Lipinski definition) is 1. The van der Waals surface area contributed by atoms with Gasteiger partial charge in [0, 0.05) is 11.1 Å². The van der Waals surface area contributed by atoms with Gasteiger partial charge in [0.2, 0.25) is 5.91 Å². The second kappa shape index (κ2) is 6.43. The summed E-state index contributed by atoms with van der Waals surface area (Å²) in [5.41, 5.74) is 0.425. The minimum absolute atomic E-state index is 0.0159. The predicted molar refractivity (Wildman–Crippen MR) is 74.9 cm³/mol. The van der Waals surface area contributed by atoms with Gasteiger partial charge in [-0.15, -0.1) is 0 Å². The average molecular weight is 249 g/mol. The molecule has 0 unspecified atom stereocenters. The smallest absolute Gasteiger partial charge is 0.229 e. The van der Waals surface area contributed by atoms with Crippen LogP contribution in [-0.4, -0.2) is 12.5 Å². The van der Waals surface area contributed by atoms with Gasteiger partial charge < -0.3 is 10.1 Å². The number of rotatable bonds is 5. The van der Waals surface area contributed by atoms with Crippen LogP contribution in [0.3, 0.4) is 0 Å². The molecule has 1 aromatic rings. The summed E-state index contributed by atoms with van der Waals surface area (Å²) < 4.78 is 5.56. The molecule has 0 saturated carbocycles. The molecule has 1 aromatic carbocycles. The standard InChI is InChI=1S/C15H23NO2/c1-5-6-11-18-13-9-7-12(8-10-13)16-14(17)15(2,3)4/h7-10H,5-6,11H2,1-4H3,(H,16,17). The molecule has 0 saturated heterocycles. The molecule has 1 rings (SSSR count). The second-order valence-corrected chi connectivity index (χ2v) is 5.43. The van der Waals surface area contributed by atoms with Crippen LogP contribution >= 0.6 is 0 Å². The normalized spacial score (nSPS) is 11.1. The molecule has 0 heterocycles. The first kappa shape index (κ1) is 14.6. The molecule has 100 valence electrons. The molecule has 3 nitrogen and oxygen atoms in total. The number of benzene rings is 1. The summed E-state index contributed by atoms with van der Waals surface area (Å²) >= 11 is 0. The molecule has 0 aromatic heterocycles. The summed E-state index contributed by atoms with van der Waals surface area (Å²) in [6.07, 6.45) is 2.18. The third-order valence-electron chi connectivity index (χ3n) is 2.56. The van der Waals surface area contributed by atoms with Gasteiger partial charge in [0.1, 0.15) is 5.75 Å². The van der Waals surface area contributed by atoms with Crippen LogP contribution < -0.4 is 10.1 Å². The van der Waals surface area contributed by atoms with Crippen LogP contribution in [-0.2, 0) is 4.79 Å². The van der Waals surface area contributed by atoms with Crippen molar-refractivity contribution in [1.29, 1.82) is 0 Å². The minimum Gasteiger partial charge on any atom is -0.494 e. The van der Waals surface area contributed by atoms with Gasteiger partial charge in [-0.2, -0.15) is 0 Å². The molecule has 1 N–H and O–H groups in total. The number of carbonyl (C=O) groups excluding carboxylic acids is 1. The Morgan fingerprint density at radius 3 is 2.33 bits per heavy atom.